The van der Waals surface area contributed by atoms with Gasteiger partial charge in [-0.1, -0.05) is 36.7 Å². The van der Waals surface area contributed by atoms with Gasteiger partial charge in [0.1, 0.15) is 5.82 Å². The summed E-state index contributed by atoms with van der Waals surface area (Å²) in [6.45, 7) is 2.09. The Morgan fingerprint density at radius 2 is 1.82 bits per heavy atom. The average molecular weight is 564 g/mol. The van der Waals surface area contributed by atoms with Crippen molar-refractivity contribution >= 4 is 45.1 Å². The molecule has 6 rings (SSSR count). The summed E-state index contributed by atoms with van der Waals surface area (Å²) in [6.07, 6.45) is 7.13. The number of fused-ring (bicyclic) bond motifs is 2. The first kappa shape index (κ1) is 26.2. The summed E-state index contributed by atoms with van der Waals surface area (Å²) in [5.41, 5.74) is 9.87. The number of hydrogen-bond donors (Lipinski definition) is 3. The van der Waals surface area contributed by atoms with E-state index in [2.05, 4.69) is 28.0 Å². The van der Waals surface area contributed by atoms with Gasteiger partial charge in [0.25, 0.3) is 0 Å². The van der Waals surface area contributed by atoms with Crippen molar-refractivity contribution in [2.24, 2.45) is 17.6 Å². The third-order valence-corrected chi connectivity index (χ3v) is 9.67. The highest BCUT2D eigenvalue weighted by molar-refractivity contribution is 7.86. The largest absolute Gasteiger partial charge is 0.351 e. The maximum Gasteiger partial charge on any atom is 0.223 e. The number of rotatable bonds is 7. The lowest BCUT2D eigenvalue weighted by atomic mass is 9.98. The molecule has 6 nitrogen and oxygen atoms in total. The number of aromatic nitrogens is 2. The van der Waals surface area contributed by atoms with E-state index in [1.807, 2.05) is 18.3 Å². The zero-order chi connectivity index (χ0) is 27.1. The maximum atomic E-state index is 15.1. The molecule has 0 aliphatic heterocycles. The highest BCUT2D eigenvalue weighted by atomic mass is 35.5. The number of hydrogen-bond acceptors (Lipinski definition) is 5. The van der Waals surface area contributed by atoms with Crippen LogP contribution in [0.25, 0.3) is 22.0 Å². The van der Waals surface area contributed by atoms with Crippen LogP contribution in [0.4, 0.5) is 16.0 Å². The van der Waals surface area contributed by atoms with Crippen molar-refractivity contribution in [2.75, 3.05) is 10.0 Å². The van der Waals surface area contributed by atoms with E-state index in [4.69, 9.17) is 22.3 Å². The molecule has 2 fully saturated rings. The molecule has 3 unspecified atom stereocenters. The van der Waals surface area contributed by atoms with Crippen molar-refractivity contribution in [3.8, 4) is 11.1 Å². The summed E-state index contributed by atoms with van der Waals surface area (Å²) < 4.78 is 30.5. The molecular formula is C30H31ClFN5OS. The Morgan fingerprint density at radius 1 is 1.05 bits per heavy atom. The lowest BCUT2D eigenvalue weighted by molar-refractivity contribution is 0.457. The SMILES string of the molecule is CCc1cc(-c2ccc(NS(=O)c3ccccc3Cl)c(F)c2)cc2cnc(NC3CC4CC(N)CC4C3)nc12. The third kappa shape index (κ3) is 5.38. The van der Waals surface area contributed by atoms with Crippen LogP contribution < -0.4 is 15.8 Å². The highest BCUT2D eigenvalue weighted by Gasteiger charge is 2.40. The predicted octanol–water partition coefficient (Wildman–Crippen LogP) is 6.71. The van der Waals surface area contributed by atoms with E-state index in [1.165, 1.54) is 6.07 Å². The van der Waals surface area contributed by atoms with Crippen molar-refractivity contribution in [1.29, 1.82) is 0 Å². The van der Waals surface area contributed by atoms with Gasteiger partial charge in [-0.05, 0) is 97.0 Å². The highest BCUT2D eigenvalue weighted by Crippen LogP contribution is 2.44. The predicted molar refractivity (Wildman–Crippen MR) is 157 cm³/mol. The second kappa shape index (κ2) is 10.8. The van der Waals surface area contributed by atoms with E-state index in [1.54, 1.807) is 30.3 Å². The van der Waals surface area contributed by atoms with Gasteiger partial charge in [0.15, 0.2) is 11.0 Å². The van der Waals surface area contributed by atoms with Crippen molar-refractivity contribution in [3.05, 3.63) is 77.2 Å². The second-order valence-corrected chi connectivity index (χ2v) is 12.3. The molecule has 0 amide bonds. The van der Waals surface area contributed by atoms with Gasteiger partial charge in [-0.15, -0.1) is 0 Å². The van der Waals surface area contributed by atoms with E-state index < -0.39 is 16.8 Å². The number of nitrogens with one attached hydrogen (secondary N) is 2. The molecule has 4 aromatic rings. The summed E-state index contributed by atoms with van der Waals surface area (Å²) in [5, 5.41) is 4.84. The molecular weight excluding hydrogens is 533 g/mol. The van der Waals surface area contributed by atoms with Crippen molar-refractivity contribution < 1.29 is 8.60 Å². The first-order valence-electron chi connectivity index (χ1n) is 13.4. The van der Waals surface area contributed by atoms with E-state index in [0.717, 1.165) is 59.7 Å². The topological polar surface area (TPSA) is 92.9 Å². The minimum atomic E-state index is -1.69. The first-order chi connectivity index (χ1) is 18.9. The third-order valence-electron chi connectivity index (χ3n) is 8.07. The van der Waals surface area contributed by atoms with Gasteiger partial charge >= 0.3 is 0 Å². The van der Waals surface area contributed by atoms with Crippen LogP contribution in [0.1, 0.15) is 38.2 Å². The molecule has 202 valence electrons. The fourth-order valence-electron chi connectivity index (χ4n) is 6.22. The van der Waals surface area contributed by atoms with Crippen LogP contribution in [0.3, 0.4) is 0 Å². The second-order valence-electron chi connectivity index (χ2n) is 10.7. The molecule has 0 saturated heterocycles. The summed E-state index contributed by atoms with van der Waals surface area (Å²) in [4.78, 5) is 9.89. The summed E-state index contributed by atoms with van der Waals surface area (Å²) in [6, 6.07) is 16.5. The van der Waals surface area contributed by atoms with Crippen LogP contribution >= 0.6 is 11.6 Å². The van der Waals surface area contributed by atoms with Gasteiger partial charge in [-0.3, -0.25) is 4.72 Å². The van der Waals surface area contributed by atoms with Crippen LogP contribution in [0.15, 0.2) is 65.7 Å². The number of anilines is 2. The molecule has 0 radical (unpaired) electrons. The molecule has 3 atom stereocenters. The van der Waals surface area contributed by atoms with Crippen LogP contribution in [0.5, 0.6) is 0 Å². The zero-order valence-electron chi connectivity index (χ0n) is 21.7. The van der Waals surface area contributed by atoms with Crippen LogP contribution in [-0.2, 0) is 17.4 Å². The van der Waals surface area contributed by atoms with E-state index in [-0.39, 0.29) is 5.69 Å². The van der Waals surface area contributed by atoms with E-state index in [0.29, 0.717) is 39.8 Å². The number of nitrogens with zero attached hydrogens (tertiary/aromatic N) is 2. The quantitative estimate of drug-likeness (QED) is 0.232. The normalized spacial score (nSPS) is 23.1. The fourth-order valence-corrected chi connectivity index (χ4v) is 7.48. The standard InChI is InChI=1S/C30H31ClFN5OS/c1-2-17-9-19(18-7-8-27(26(32)15-18)37-39(38)28-6-4-3-5-25(28)31)10-22-16-34-30(36-29(17)22)35-24-13-20-11-23(33)12-21(20)14-24/h3-10,15-16,20-21,23-24,37H,2,11-14,33H2,1H3,(H,34,35,36). The average Bonchev–Trinajstić information content (AvgIpc) is 3.45. The van der Waals surface area contributed by atoms with Gasteiger partial charge in [0, 0.05) is 23.7 Å². The minimum absolute atomic E-state index is 0.144. The molecule has 0 bridgehead atoms. The molecule has 2 aliphatic carbocycles. The molecule has 0 spiro atoms. The Bertz CT molecular complexity index is 1550. The molecule has 39 heavy (non-hydrogen) atoms. The van der Waals surface area contributed by atoms with E-state index >= 15 is 4.39 Å². The number of nitrogens with two attached hydrogens (primary N) is 1. The summed E-state index contributed by atoms with van der Waals surface area (Å²) in [5.74, 6) is 1.59. The fraction of sp³-hybridized carbons (Fsp3) is 0.333. The van der Waals surface area contributed by atoms with Gasteiger partial charge in [0.2, 0.25) is 5.95 Å². The van der Waals surface area contributed by atoms with Crippen molar-refractivity contribution in [2.45, 2.75) is 56.0 Å². The van der Waals surface area contributed by atoms with Crippen molar-refractivity contribution in [1.82, 2.24) is 9.97 Å². The molecule has 1 aromatic heterocycles. The Balaban J connectivity index is 1.22. The molecule has 9 heteroatoms. The molecule has 4 N–H and O–H groups in total. The number of halogens is 2. The van der Waals surface area contributed by atoms with E-state index in [9.17, 15) is 4.21 Å². The Morgan fingerprint density at radius 3 is 2.54 bits per heavy atom. The van der Waals surface area contributed by atoms with Crippen LogP contribution in [-0.4, -0.2) is 26.3 Å². The molecule has 2 aliphatic rings. The number of aryl methyl sites for hydroxylation is 1. The van der Waals surface area contributed by atoms with Gasteiger partial charge in [0.05, 0.1) is 21.1 Å². The zero-order valence-corrected chi connectivity index (χ0v) is 23.2. The molecule has 3 aromatic carbocycles. The molecule has 1 heterocycles. The molecule has 2 saturated carbocycles. The minimum Gasteiger partial charge on any atom is -0.351 e. The smallest absolute Gasteiger partial charge is 0.223 e. The van der Waals surface area contributed by atoms with Gasteiger partial charge in [-0.25, -0.2) is 18.6 Å². The Hall–Kier alpha value is -3.07. The first-order valence-corrected chi connectivity index (χ1v) is 15.0. The Labute approximate surface area is 235 Å². The van der Waals surface area contributed by atoms with Crippen LogP contribution in [0, 0.1) is 17.7 Å². The van der Waals surface area contributed by atoms with Crippen LogP contribution in [0.2, 0.25) is 5.02 Å². The van der Waals surface area contributed by atoms with Gasteiger partial charge in [-0.2, -0.15) is 0 Å². The number of benzene rings is 3. The lowest BCUT2D eigenvalue weighted by Crippen LogP contribution is -2.22. The maximum absolute atomic E-state index is 15.1. The van der Waals surface area contributed by atoms with Gasteiger partial charge < -0.3 is 11.1 Å². The Kier molecular flexibility index (Phi) is 7.27. The summed E-state index contributed by atoms with van der Waals surface area (Å²) in [7, 11) is -1.69. The monoisotopic (exact) mass is 563 g/mol. The van der Waals surface area contributed by atoms with Crippen molar-refractivity contribution in [3.63, 3.8) is 0 Å². The lowest BCUT2D eigenvalue weighted by Gasteiger charge is -2.16. The summed E-state index contributed by atoms with van der Waals surface area (Å²) >= 11 is 6.14.